The summed E-state index contributed by atoms with van der Waals surface area (Å²) in [4.78, 5) is 3.37. The fourth-order valence-electron chi connectivity index (χ4n) is 2.43. The van der Waals surface area contributed by atoms with Gasteiger partial charge in [-0.05, 0) is 42.3 Å². The van der Waals surface area contributed by atoms with Gasteiger partial charge >= 0.3 is 0 Å². The summed E-state index contributed by atoms with van der Waals surface area (Å²) in [5.41, 5.74) is 4.45. The number of halogens is 2. The zero-order valence-electron chi connectivity index (χ0n) is 10.5. The molecule has 0 aliphatic carbocycles. The van der Waals surface area contributed by atoms with Crippen molar-refractivity contribution in [2.24, 2.45) is 0 Å². The summed E-state index contributed by atoms with van der Waals surface area (Å²) >= 11 is 3.49. The molecule has 0 fully saturated rings. The molecule has 0 unspecified atom stereocenters. The first kappa shape index (κ1) is 12.4. The fraction of sp³-hybridized carbons (Fsp3) is 0.125. The Hall–Kier alpha value is -1.61. The molecular formula is C16H13BrFN. The van der Waals surface area contributed by atoms with Crippen LogP contribution in [-0.2, 0) is 6.42 Å². The molecule has 19 heavy (non-hydrogen) atoms. The molecule has 3 aromatic rings. The molecule has 0 saturated heterocycles. The quantitative estimate of drug-likeness (QED) is 0.687. The van der Waals surface area contributed by atoms with Gasteiger partial charge in [-0.15, -0.1) is 0 Å². The monoisotopic (exact) mass is 317 g/mol. The van der Waals surface area contributed by atoms with Crippen LogP contribution in [0, 0.1) is 12.7 Å². The third kappa shape index (κ3) is 2.30. The molecule has 1 aromatic heterocycles. The Kier molecular flexibility index (Phi) is 3.15. The number of benzene rings is 2. The molecule has 0 saturated carbocycles. The highest BCUT2D eigenvalue weighted by Gasteiger charge is 2.10. The van der Waals surface area contributed by atoms with Crippen LogP contribution >= 0.6 is 15.9 Å². The van der Waals surface area contributed by atoms with Gasteiger partial charge in [0.15, 0.2) is 0 Å². The van der Waals surface area contributed by atoms with E-state index in [0.29, 0.717) is 6.42 Å². The average molecular weight is 318 g/mol. The Morgan fingerprint density at radius 3 is 2.79 bits per heavy atom. The molecule has 0 radical (unpaired) electrons. The van der Waals surface area contributed by atoms with Gasteiger partial charge in [0.2, 0.25) is 0 Å². The Labute approximate surface area is 119 Å². The van der Waals surface area contributed by atoms with Gasteiger partial charge in [-0.1, -0.05) is 34.1 Å². The average Bonchev–Trinajstić information content (AvgIpc) is 2.71. The molecular weight excluding hydrogens is 305 g/mol. The zero-order chi connectivity index (χ0) is 13.4. The lowest BCUT2D eigenvalue weighted by Crippen LogP contribution is -1.92. The summed E-state index contributed by atoms with van der Waals surface area (Å²) in [6.07, 6.45) is 0.716. The Balaban J connectivity index is 2.10. The Morgan fingerprint density at radius 1 is 1.16 bits per heavy atom. The maximum atomic E-state index is 13.4. The number of H-pyrrole nitrogens is 1. The number of hydrogen-bond donors (Lipinski definition) is 1. The lowest BCUT2D eigenvalue weighted by atomic mass is 10.0. The van der Waals surface area contributed by atoms with E-state index >= 15 is 0 Å². The number of nitrogens with one attached hydrogen (secondary N) is 1. The molecule has 3 heteroatoms. The Bertz CT molecular complexity index is 746. The molecule has 0 amide bonds. The van der Waals surface area contributed by atoms with E-state index in [0.717, 1.165) is 21.2 Å². The number of fused-ring (bicyclic) bond motifs is 1. The van der Waals surface area contributed by atoms with E-state index in [1.807, 2.05) is 12.1 Å². The van der Waals surface area contributed by atoms with E-state index in [1.54, 1.807) is 12.1 Å². The number of aromatic amines is 1. The molecule has 0 aliphatic rings. The molecule has 1 heterocycles. The minimum absolute atomic E-state index is 0.198. The summed E-state index contributed by atoms with van der Waals surface area (Å²) in [6, 6.07) is 13.0. The number of aryl methyl sites for hydroxylation is 1. The zero-order valence-corrected chi connectivity index (χ0v) is 12.1. The van der Waals surface area contributed by atoms with Crippen molar-refractivity contribution < 1.29 is 4.39 Å². The minimum Gasteiger partial charge on any atom is -0.358 e. The van der Waals surface area contributed by atoms with Crippen molar-refractivity contribution in [1.82, 2.24) is 4.98 Å². The maximum Gasteiger partial charge on any atom is 0.123 e. The third-order valence-corrected chi connectivity index (χ3v) is 4.18. The second-order valence-corrected chi connectivity index (χ2v) is 5.54. The molecule has 96 valence electrons. The number of para-hydroxylation sites is 1. The van der Waals surface area contributed by atoms with Crippen LogP contribution in [0.2, 0.25) is 0 Å². The predicted molar refractivity (Wildman–Crippen MR) is 79.9 cm³/mol. The van der Waals surface area contributed by atoms with E-state index in [4.69, 9.17) is 0 Å². The van der Waals surface area contributed by atoms with E-state index < -0.39 is 0 Å². The van der Waals surface area contributed by atoms with Crippen molar-refractivity contribution in [3.8, 4) is 0 Å². The van der Waals surface area contributed by atoms with Gasteiger partial charge in [-0.3, -0.25) is 0 Å². The standard InChI is InChI=1S/C16H13BrFN/c1-10-14(13-4-2-3-5-16(13)19-10)9-11-8-12(18)6-7-15(11)17/h2-8,19H,9H2,1H3. The van der Waals surface area contributed by atoms with Gasteiger partial charge in [-0.2, -0.15) is 0 Å². The van der Waals surface area contributed by atoms with Gasteiger partial charge < -0.3 is 4.98 Å². The summed E-state index contributed by atoms with van der Waals surface area (Å²) in [5.74, 6) is -0.198. The van der Waals surface area contributed by atoms with Crippen LogP contribution in [0.15, 0.2) is 46.9 Å². The van der Waals surface area contributed by atoms with Gasteiger partial charge in [0.25, 0.3) is 0 Å². The Morgan fingerprint density at radius 2 is 1.95 bits per heavy atom. The first-order valence-electron chi connectivity index (χ1n) is 6.15. The lowest BCUT2D eigenvalue weighted by Gasteiger charge is -2.05. The van der Waals surface area contributed by atoms with Crippen molar-refractivity contribution >= 4 is 26.8 Å². The topological polar surface area (TPSA) is 15.8 Å². The predicted octanol–water partition coefficient (Wildman–Crippen LogP) is 4.97. The highest BCUT2D eigenvalue weighted by atomic mass is 79.9. The van der Waals surface area contributed by atoms with E-state index in [1.165, 1.54) is 17.0 Å². The number of rotatable bonds is 2. The molecule has 2 aromatic carbocycles. The van der Waals surface area contributed by atoms with Crippen molar-refractivity contribution in [3.63, 3.8) is 0 Å². The summed E-state index contributed by atoms with van der Waals surface area (Å²) in [5, 5.41) is 1.20. The van der Waals surface area contributed by atoms with E-state index in [2.05, 4.69) is 40.0 Å². The molecule has 3 rings (SSSR count). The minimum atomic E-state index is -0.198. The summed E-state index contributed by atoms with van der Waals surface area (Å²) in [7, 11) is 0. The number of hydrogen-bond acceptors (Lipinski definition) is 0. The van der Waals surface area contributed by atoms with E-state index in [-0.39, 0.29) is 5.82 Å². The van der Waals surface area contributed by atoms with Crippen LogP contribution in [0.25, 0.3) is 10.9 Å². The maximum absolute atomic E-state index is 13.4. The first-order chi connectivity index (χ1) is 9.15. The second-order valence-electron chi connectivity index (χ2n) is 4.69. The summed E-state index contributed by atoms with van der Waals surface area (Å²) < 4.78 is 14.3. The normalized spacial score (nSPS) is 11.1. The van der Waals surface area contributed by atoms with Crippen LogP contribution in [0.3, 0.4) is 0 Å². The van der Waals surface area contributed by atoms with Gasteiger partial charge in [-0.25, -0.2) is 4.39 Å². The van der Waals surface area contributed by atoms with E-state index in [9.17, 15) is 4.39 Å². The number of aromatic nitrogens is 1. The van der Waals surface area contributed by atoms with Crippen LogP contribution in [0.5, 0.6) is 0 Å². The van der Waals surface area contributed by atoms with Crippen molar-refractivity contribution in [3.05, 3.63) is 69.6 Å². The van der Waals surface area contributed by atoms with Crippen LogP contribution < -0.4 is 0 Å². The largest absolute Gasteiger partial charge is 0.358 e. The fourth-order valence-corrected chi connectivity index (χ4v) is 2.82. The van der Waals surface area contributed by atoms with Crippen molar-refractivity contribution in [2.75, 3.05) is 0 Å². The van der Waals surface area contributed by atoms with Crippen molar-refractivity contribution in [2.45, 2.75) is 13.3 Å². The molecule has 0 aliphatic heterocycles. The van der Waals surface area contributed by atoms with Gasteiger partial charge in [0, 0.05) is 27.5 Å². The van der Waals surface area contributed by atoms with Gasteiger partial charge in [0.05, 0.1) is 0 Å². The highest BCUT2D eigenvalue weighted by molar-refractivity contribution is 9.10. The highest BCUT2D eigenvalue weighted by Crippen LogP contribution is 2.27. The van der Waals surface area contributed by atoms with Crippen LogP contribution in [0.1, 0.15) is 16.8 Å². The lowest BCUT2D eigenvalue weighted by molar-refractivity contribution is 0.625. The smallest absolute Gasteiger partial charge is 0.123 e. The first-order valence-corrected chi connectivity index (χ1v) is 6.94. The van der Waals surface area contributed by atoms with Crippen molar-refractivity contribution in [1.29, 1.82) is 0 Å². The summed E-state index contributed by atoms with van der Waals surface area (Å²) in [6.45, 7) is 2.06. The second kappa shape index (κ2) is 4.82. The SMILES string of the molecule is Cc1[nH]c2ccccc2c1Cc1cc(F)ccc1Br. The van der Waals surface area contributed by atoms with Gasteiger partial charge in [0.1, 0.15) is 5.82 Å². The molecule has 1 N–H and O–H groups in total. The molecule has 0 atom stereocenters. The molecule has 0 spiro atoms. The third-order valence-electron chi connectivity index (χ3n) is 3.40. The van der Waals surface area contributed by atoms with Crippen LogP contribution in [0.4, 0.5) is 4.39 Å². The van der Waals surface area contributed by atoms with Crippen LogP contribution in [-0.4, -0.2) is 4.98 Å². The molecule has 1 nitrogen and oxygen atoms in total. The molecule has 0 bridgehead atoms.